The minimum atomic E-state index is -0.442. The third-order valence-electron chi connectivity index (χ3n) is 5.99. The third-order valence-corrected chi connectivity index (χ3v) is 5.99. The molecule has 0 saturated carbocycles. The summed E-state index contributed by atoms with van der Waals surface area (Å²) in [6.07, 6.45) is 27.3. The first-order valence-electron chi connectivity index (χ1n) is 12.5. The second-order valence-corrected chi connectivity index (χ2v) is 9.13. The van der Waals surface area contributed by atoms with Gasteiger partial charge in [-0.2, -0.15) is 0 Å². The number of aliphatic hydroxyl groups is 1. The number of esters is 1. The van der Waals surface area contributed by atoms with E-state index >= 15 is 0 Å². The van der Waals surface area contributed by atoms with Crippen LogP contribution in [-0.2, 0) is 9.53 Å². The van der Waals surface area contributed by atoms with E-state index in [1.807, 2.05) is 55.5 Å². The fourth-order valence-corrected chi connectivity index (χ4v) is 3.53. The van der Waals surface area contributed by atoms with Crippen molar-refractivity contribution in [3.05, 3.63) is 96.7 Å². The van der Waals surface area contributed by atoms with Crippen LogP contribution in [0.25, 0.3) is 0 Å². The van der Waals surface area contributed by atoms with Crippen molar-refractivity contribution in [1.29, 1.82) is 0 Å². The minimum absolute atomic E-state index is 0.201. The number of cyclic esters (lactones) is 1. The number of aliphatic hydroxyl groups excluding tert-OH is 1. The van der Waals surface area contributed by atoms with Crippen molar-refractivity contribution in [2.75, 3.05) is 0 Å². The Bertz CT molecular complexity index is 820. The van der Waals surface area contributed by atoms with E-state index in [0.29, 0.717) is 6.42 Å². The zero-order chi connectivity index (χ0) is 25.2. The minimum Gasteiger partial charge on any atom is -0.462 e. The van der Waals surface area contributed by atoms with Crippen molar-refractivity contribution >= 4 is 5.97 Å². The van der Waals surface area contributed by atoms with Crippen LogP contribution < -0.4 is 0 Å². The van der Waals surface area contributed by atoms with Gasteiger partial charge in [0.25, 0.3) is 0 Å². The summed E-state index contributed by atoms with van der Waals surface area (Å²) in [5.41, 5.74) is 3.04. The SMILES string of the molecule is C=CC=C(C)CCC1CC=CC=C(C)C(O)CCCC=CC=CC=CCC(C)C(=C)CC(=O)O1. The van der Waals surface area contributed by atoms with Crippen LogP contribution in [0.5, 0.6) is 0 Å². The zero-order valence-electron chi connectivity index (χ0n) is 21.4. The van der Waals surface area contributed by atoms with E-state index in [-0.39, 0.29) is 24.4 Å². The summed E-state index contributed by atoms with van der Waals surface area (Å²) >= 11 is 0. The molecule has 34 heavy (non-hydrogen) atoms. The maximum absolute atomic E-state index is 12.6. The van der Waals surface area contributed by atoms with Gasteiger partial charge in [-0.05, 0) is 63.9 Å². The molecule has 0 bridgehead atoms. The van der Waals surface area contributed by atoms with E-state index in [4.69, 9.17) is 4.74 Å². The quantitative estimate of drug-likeness (QED) is 0.261. The van der Waals surface area contributed by atoms with Gasteiger partial charge in [-0.15, -0.1) is 0 Å². The van der Waals surface area contributed by atoms with Crippen molar-refractivity contribution in [1.82, 2.24) is 0 Å². The van der Waals surface area contributed by atoms with Crippen LogP contribution >= 0.6 is 0 Å². The molecule has 186 valence electrons. The molecule has 3 nitrogen and oxygen atoms in total. The molecule has 3 atom stereocenters. The smallest absolute Gasteiger partial charge is 0.310 e. The highest BCUT2D eigenvalue weighted by Crippen LogP contribution is 2.20. The summed E-state index contributed by atoms with van der Waals surface area (Å²) in [5.74, 6) is -0.0137. The number of allylic oxidation sites excluding steroid dienone is 11. The molecule has 1 aliphatic heterocycles. The van der Waals surface area contributed by atoms with E-state index in [1.165, 1.54) is 5.57 Å². The summed E-state index contributed by atoms with van der Waals surface area (Å²) in [7, 11) is 0. The Hall–Kier alpha value is -2.65. The number of carbonyl (C=O) groups excluding carboxylic acids is 1. The van der Waals surface area contributed by atoms with Crippen LogP contribution in [0, 0.1) is 5.92 Å². The molecule has 3 unspecified atom stereocenters. The van der Waals surface area contributed by atoms with Crippen LogP contribution in [0.4, 0.5) is 0 Å². The molecule has 1 N–H and O–H groups in total. The second kappa shape index (κ2) is 17.8. The molecule has 0 spiro atoms. The van der Waals surface area contributed by atoms with Gasteiger partial charge in [0.15, 0.2) is 0 Å². The maximum atomic E-state index is 12.6. The van der Waals surface area contributed by atoms with Crippen molar-refractivity contribution in [2.45, 2.75) is 84.3 Å². The highest BCUT2D eigenvalue weighted by Gasteiger charge is 2.16. The van der Waals surface area contributed by atoms with Crippen LogP contribution in [0.3, 0.4) is 0 Å². The third kappa shape index (κ3) is 13.8. The topological polar surface area (TPSA) is 46.5 Å². The van der Waals surface area contributed by atoms with Gasteiger partial charge in [-0.25, -0.2) is 0 Å². The van der Waals surface area contributed by atoms with Gasteiger partial charge in [0.1, 0.15) is 6.10 Å². The fourth-order valence-electron chi connectivity index (χ4n) is 3.53. The van der Waals surface area contributed by atoms with Crippen LogP contribution in [0.15, 0.2) is 96.7 Å². The molecule has 0 aliphatic carbocycles. The number of carbonyl (C=O) groups is 1. The standard InChI is InChI=1S/C31H44O3/c1-6-17-25(2)22-23-29-20-16-15-19-27(4)30(32)21-14-12-10-8-7-9-11-13-18-26(3)28(5)24-31(33)34-29/h6-11,13,15-17,19,26,29-30,32H,1,5,12,14,18,20-24H2,2-4H3. The lowest BCUT2D eigenvalue weighted by Crippen LogP contribution is -2.19. The summed E-state index contributed by atoms with van der Waals surface area (Å²) in [4.78, 5) is 12.6. The van der Waals surface area contributed by atoms with E-state index < -0.39 is 6.10 Å². The van der Waals surface area contributed by atoms with Crippen molar-refractivity contribution in [3.8, 4) is 0 Å². The van der Waals surface area contributed by atoms with Crippen LogP contribution in [0.2, 0.25) is 0 Å². The molecule has 0 saturated heterocycles. The number of ether oxygens (including phenoxy) is 1. The Balaban J connectivity index is 2.93. The molecule has 0 aromatic carbocycles. The Morgan fingerprint density at radius 2 is 1.85 bits per heavy atom. The normalized spacial score (nSPS) is 24.6. The maximum Gasteiger partial charge on any atom is 0.310 e. The first kappa shape index (κ1) is 29.4. The summed E-state index contributed by atoms with van der Waals surface area (Å²) in [6, 6.07) is 0. The van der Waals surface area contributed by atoms with Gasteiger partial charge in [-0.1, -0.05) is 98.1 Å². The fraction of sp³-hybridized carbons (Fsp3) is 0.452. The largest absolute Gasteiger partial charge is 0.462 e. The second-order valence-electron chi connectivity index (χ2n) is 9.13. The zero-order valence-corrected chi connectivity index (χ0v) is 21.4. The van der Waals surface area contributed by atoms with Crippen molar-refractivity contribution in [2.24, 2.45) is 5.92 Å². The molecule has 1 aliphatic rings. The summed E-state index contributed by atoms with van der Waals surface area (Å²) in [5, 5.41) is 10.4. The molecule has 1 rings (SSSR count). The van der Waals surface area contributed by atoms with Gasteiger partial charge in [0.05, 0.1) is 12.5 Å². The molecule has 3 heteroatoms. The number of hydrogen-bond donors (Lipinski definition) is 1. The highest BCUT2D eigenvalue weighted by atomic mass is 16.5. The molecule has 0 amide bonds. The Morgan fingerprint density at radius 3 is 2.59 bits per heavy atom. The first-order chi connectivity index (χ1) is 16.3. The molecule has 0 aromatic heterocycles. The molecule has 0 radical (unpaired) electrons. The lowest BCUT2D eigenvalue weighted by atomic mass is 9.96. The Kier molecular flexibility index (Phi) is 15.4. The molecular weight excluding hydrogens is 420 g/mol. The molecule has 0 aromatic rings. The number of rotatable bonds is 4. The van der Waals surface area contributed by atoms with E-state index in [1.54, 1.807) is 6.08 Å². The number of hydrogen-bond acceptors (Lipinski definition) is 3. The lowest BCUT2D eigenvalue weighted by molar-refractivity contribution is -0.148. The van der Waals surface area contributed by atoms with Gasteiger partial charge in [0.2, 0.25) is 0 Å². The lowest BCUT2D eigenvalue weighted by Gasteiger charge is -2.18. The highest BCUT2D eigenvalue weighted by molar-refractivity contribution is 5.72. The predicted molar refractivity (Wildman–Crippen MR) is 145 cm³/mol. The first-order valence-corrected chi connectivity index (χ1v) is 12.5. The Labute approximate surface area is 207 Å². The molecular formula is C31H44O3. The monoisotopic (exact) mass is 464 g/mol. The molecule has 1 heterocycles. The van der Waals surface area contributed by atoms with E-state index in [9.17, 15) is 9.90 Å². The average Bonchev–Trinajstić information content (AvgIpc) is 2.80. The Morgan fingerprint density at radius 1 is 1.15 bits per heavy atom. The predicted octanol–water partition coefficient (Wildman–Crippen LogP) is 7.89. The van der Waals surface area contributed by atoms with Gasteiger partial charge in [0, 0.05) is 6.42 Å². The van der Waals surface area contributed by atoms with Gasteiger partial charge < -0.3 is 9.84 Å². The van der Waals surface area contributed by atoms with E-state index in [2.05, 4.69) is 39.2 Å². The van der Waals surface area contributed by atoms with Gasteiger partial charge >= 0.3 is 5.97 Å². The van der Waals surface area contributed by atoms with E-state index in [0.717, 1.165) is 49.7 Å². The summed E-state index contributed by atoms with van der Waals surface area (Å²) in [6.45, 7) is 14.0. The van der Waals surface area contributed by atoms with Crippen LogP contribution in [-0.4, -0.2) is 23.3 Å². The van der Waals surface area contributed by atoms with Crippen LogP contribution in [0.1, 0.15) is 72.1 Å². The van der Waals surface area contributed by atoms with Crippen molar-refractivity contribution < 1.29 is 14.6 Å². The molecule has 0 fully saturated rings. The van der Waals surface area contributed by atoms with Crippen molar-refractivity contribution in [3.63, 3.8) is 0 Å². The summed E-state index contributed by atoms with van der Waals surface area (Å²) < 4.78 is 5.85. The average molecular weight is 465 g/mol. The van der Waals surface area contributed by atoms with Gasteiger partial charge in [-0.3, -0.25) is 4.79 Å².